The molecule has 17 heteroatoms. The summed E-state index contributed by atoms with van der Waals surface area (Å²) in [5.41, 5.74) is 2.37. The zero-order valence-corrected chi connectivity index (χ0v) is 27.6. The maximum absolute atomic E-state index is 14.0. The van der Waals surface area contributed by atoms with Crippen LogP contribution in [0.15, 0.2) is 69.7 Å². The fraction of sp³-hybridized carbons (Fsp3) is 0.258. The van der Waals surface area contributed by atoms with E-state index < -0.39 is 23.8 Å². The summed E-state index contributed by atoms with van der Waals surface area (Å²) in [6, 6.07) is 5.85. The first-order chi connectivity index (χ1) is 23.2. The van der Waals surface area contributed by atoms with Gasteiger partial charge in [-0.15, -0.1) is 22.7 Å². The topological polar surface area (TPSA) is 153 Å². The van der Waals surface area contributed by atoms with Crippen molar-refractivity contribution in [3.63, 3.8) is 0 Å². The number of aliphatic imine (C=N–C) groups is 1. The lowest BCUT2D eigenvalue weighted by molar-refractivity contribution is -0.136. The van der Waals surface area contributed by atoms with Gasteiger partial charge in [-0.05, 0) is 24.3 Å². The molecule has 1 aromatic carbocycles. The lowest BCUT2D eigenvalue weighted by Crippen LogP contribution is -2.53. The van der Waals surface area contributed by atoms with E-state index in [-0.39, 0.29) is 28.2 Å². The number of carboxylic acids is 1. The molecule has 2 fully saturated rings. The van der Waals surface area contributed by atoms with Crippen LogP contribution in [0, 0.1) is 5.82 Å². The number of methoxy groups -OCH3 is 1. The smallest absolute Gasteiger partial charge is 0.338 e. The number of hydrogen-bond acceptors (Lipinski definition) is 12. The molecule has 2 atom stereocenters. The molecule has 13 nitrogen and oxygen atoms in total. The molecule has 2 amide bonds. The highest BCUT2D eigenvalue weighted by Gasteiger charge is 2.43. The molecule has 7 rings (SSSR count). The van der Waals surface area contributed by atoms with Crippen LogP contribution in [0.1, 0.15) is 27.0 Å². The van der Waals surface area contributed by atoms with Crippen LogP contribution in [0.25, 0.3) is 11.4 Å². The summed E-state index contributed by atoms with van der Waals surface area (Å²) in [6.07, 6.45) is 2.93. The Morgan fingerprint density at radius 3 is 2.71 bits per heavy atom. The molecule has 0 aliphatic carbocycles. The third-order valence-electron chi connectivity index (χ3n) is 8.24. The van der Waals surface area contributed by atoms with Crippen LogP contribution in [0.4, 0.5) is 14.3 Å². The third kappa shape index (κ3) is 6.03. The number of carboxylic acid groups (broad SMARTS) is 1. The molecule has 0 radical (unpaired) electrons. The summed E-state index contributed by atoms with van der Waals surface area (Å²) >= 11 is 9.17. The Bertz CT molecular complexity index is 1970. The number of nitrogens with zero attached hydrogens (tertiary/aromatic N) is 7. The van der Waals surface area contributed by atoms with Crippen LogP contribution >= 0.6 is 34.3 Å². The highest BCUT2D eigenvalue weighted by Crippen LogP contribution is 2.37. The second-order valence-electron chi connectivity index (χ2n) is 11.1. The number of aromatic carboxylic acids is 1. The first kappa shape index (κ1) is 31.8. The Balaban J connectivity index is 1.13. The van der Waals surface area contributed by atoms with Gasteiger partial charge in [-0.3, -0.25) is 19.8 Å². The number of rotatable bonds is 8. The SMILES string of the molecule is COC(=O)C1=C(CN2CCN3C(=O)N(c4nc(-c5ccc(C(=O)O)cn5)cs4)C[C@@H]3C2)NC(c2nccs2)=NC1c1ccc(F)cc1Cl. The normalized spacial score (nSPS) is 19.6. The van der Waals surface area contributed by atoms with Gasteiger partial charge in [0.05, 0.1) is 36.5 Å². The fourth-order valence-electron chi connectivity index (χ4n) is 5.94. The number of hydrogen-bond donors (Lipinski definition) is 2. The van der Waals surface area contributed by atoms with Crippen molar-refractivity contribution in [2.75, 3.05) is 44.7 Å². The summed E-state index contributed by atoms with van der Waals surface area (Å²) in [6.45, 7) is 2.22. The van der Waals surface area contributed by atoms with Crippen LogP contribution in [-0.2, 0) is 9.53 Å². The zero-order chi connectivity index (χ0) is 33.5. The lowest BCUT2D eigenvalue weighted by Gasteiger charge is -2.38. The van der Waals surface area contributed by atoms with Gasteiger partial charge < -0.3 is 20.1 Å². The van der Waals surface area contributed by atoms with Gasteiger partial charge in [0.1, 0.15) is 17.6 Å². The number of halogens is 2. The van der Waals surface area contributed by atoms with Crippen LogP contribution < -0.4 is 10.2 Å². The number of ether oxygens (including phenoxy) is 1. The highest BCUT2D eigenvalue weighted by atomic mass is 35.5. The number of thiazole rings is 2. The minimum atomic E-state index is -1.07. The number of fused-ring (bicyclic) bond motifs is 1. The van der Waals surface area contributed by atoms with E-state index in [0.717, 1.165) is 0 Å². The van der Waals surface area contributed by atoms with Crippen molar-refractivity contribution < 1.29 is 28.6 Å². The number of esters is 1. The zero-order valence-electron chi connectivity index (χ0n) is 25.2. The minimum Gasteiger partial charge on any atom is -0.478 e. The number of pyridine rings is 1. The van der Waals surface area contributed by atoms with E-state index in [1.807, 2.05) is 10.3 Å². The molecule has 0 bridgehead atoms. The standard InChI is InChI=1S/C31H26ClFN8O5S2/c1-46-29(44)24-22(36-26(27-34-6-9-47-27)38-25(24)19-4-3-17(33)10-20(19)32)14-39-7-8-40-18(12-39)13-41(31(40)45)30-37-23(15-48-30)21-5-2-16(11-35-21)28(42)43/h2-6,9-11,15,18,25H,7-8,12-14H2,1H3,(H,36,38)(H,42,43)/t18-,25?/m0/s1. The van der Waals surface area contributed by atoms with Gasteiger partial charge in [-0.25, -0.2) is 28.7 Å². The van der Waals surface area contributed by atoms with Crippen molar-refractivity contribution in [3.8, 4) is 11.4 Å². The summed E-state index contributed by atoms with van der Waals surface area (Å²) in [4.78, 5) is 61.6. The van der Waals surface area contributed by atoms with Gasteiger partial charge in [-0.1, -0.05) is 17.7 Å². The highest BCUT2D eigenvalue weighted by molar-refractivity contribution is 7.14. The molecular formula is C31H26ClFN8O5S2. The average molecular weight is 709 g/mol. The van der Waals surface area contributed by atoms with Gasteiger partial charge in [-0.2, -0.15) is 0 Å². The molecule has 6 heterocycles. The van der Waals surface area contributed by atoms with E-state index in [2.05, 4.69) is 25.2 Å². The average Bonchev–Trinajstić information content (AvgIpc) is 3.85. The number of nitrogens with one attached hydrogen (secondary N) is 1. The van der Waals surface area contributed by atoms with Crippen molar-refractivity contribution in [2.24, 2.45) is 4.99 Å². The number of carbonyl (C=O) groups excluding carboxylic acids is 2. The first-order valence-corrected chi connectivity index (χ1v) is 16.8. The second kappa shape index (κ2) is 13.0. The third-order valence-corrected chi connectivity index (χ3v) is 10.2. The maximum atomic E-state index is 14.0. The number of urea groups is 1. The first-order valence-electron chi connectivity index (χ1n) is 14.7. The van der Waals surface area contributed by atoms with Crippen LogP contribution in [0.3, 0.4) is 0 Å². The number of amidine groups is 1. The van der Waals surface area contributed by atoms with E-state index in [0.29, 0.717) is 71.3 Å². The van der Waals surface area contributed by atoms with Crippen LogP contribution in [0.2, 0.25) is 5.02 Å². The quantitative estimate of drug-likeness (QED) is 0.254. The molecular weight excluding hydrogens is 683 g/mol. The van der Waals surface area contributed by atoms with Gasteiger partial charge >= 0.3 is 18.0 Å². The summed E-state index contributed by atoms with van der Waals surface area (Å²) in [5.74, 6) is -1.73. The maximum Gasteiger partial charge on any atom is 0.338 e. The van der Waals surface area contributed by atoms with Crippen molar-refractivity contribution in [3.05, 3.63) is 91.7 Å². The Morgan fingerprint density at radius 1 is 1.15 bits per heavy atom. The van der Waals surface area contributed by atoms with Crippen LogP contribution in [0.5, 0.6) is 0 Å². The van der Waals surface area contributed by atoms with Gasteiger partial charge in [0.2, 0.25) is 0 Å². The number of benzene rings is 1. The van der Waals surface area contributed by atoms with Gasteiger partial charge in [0.25, 0.3) is 0 Å². The number of piperazine rings is 1. The van der Waals surface area contributed by atoms with Crippen molar-refractivity contribution in [1.29, 1.82) is 0 Å². The molecule has 0 saturated carbocycles. The number of amides is 2. The molecule has 3 aliphatic rings. The largest absolute Gasteiger partial charge is 0.478 e. The Labute approximate surface area is 286 Å². The minimum absolute atomic E-state index is 0.0738. The van der Waals surface area contributed by atoms with Crippen molar-refractivity contribution in [2.45, 2.75) is 12.1 Å². The summed E-state index contributed by atoms with van der Waals surface area (Å²) < 4.78 is 19.2. The van der Waals surface area contributed by atoms with Gasteiger partial charge in [0, 0.05) is 65.6 Å². The van der Waals surface area contributed by atoms with E-state index in [9.17, 15) is 18.8 Å². The Morgan fingerprint density at radius 2 is 2.00 bits per heavy atom. The van der Waals surface area contributed by atoms with Crippen molar-refractivity contribution in [1.82, 2.24) is 30.1 Å². The fourth-order valence-corrected chi connectivity index (χ4v) is 7.62. The Kier molecular flexibility index (Phi) is 8.63. The van der Waals surface area contributed by atoms with E-state index in [1.54, 1.807) is 22.5 Å². The molecule has 1 unspecified atom stereocenters. The monoisotopic (exact) mass is 708 g/mol. The lowest BCUT2D eigenvalue weighted by atomic mass is 9.95. The number of aromatic nitrogens is 3. The number of anilines is 1. The summed E-state index contributed by atoms with van der Waals surface area (Å²) in [5, 5.41) is 17.3. The Hall–Kier alpha value is -4.77. The predicted molar refractivity (Wildman–Crippen MR) is 177 cm³/mol. The summed E-state index contributed by atoms with van der Waals surface area (Å²) in [7, 11) is 1.29. The predicted octanol–water partition coefficient (Wildman–Crippen LogP) is 4.30. The molecule has 0 spiro atoms. The molecule has 3 aromatic heterocycles. The molecule has 4 aromatic rings. The van der Waals surface area contributed by atoms with E-state index in [4.69, 9.17) is 26.4 Å². The van der Waals surface area contributed by atoms with Crippen molar-refractivity contribution >= 4 is 63.2 Å². The van der Waals surface area contributed by atoms with Gasteiger partial charge in [0.15, 0.2) is 16.0 Å². The number of carbonyl (C=O) groups is 3. The molecule has 3 aliphatic heterocycles. The molecule has 2 saturated heterocycles. The molecule has 246 valence electrons. The van der Waals surface area contributed by atoms with Crippen LogP contribution in [-0.4, -0.2) is 99.5 Å². The van der Waals surface area contributed by atoms with E-state index >= 15 is 0 Å². The van der Waals surface area contributed by atoms with E-state index in [1.165, 1.54) is 60.2 Å². The molecule has 2 N–H and O–H groups in total. The second-order valence-corrected chi connectivity index (χ2v) is 13.3. The molecule has 48 heavy (non-hydrogen) atoms.